The third-order valence-corrected chi connectivity index (χ3v) is 6.57. The van der Waals surface area contributed by atoms with E-state index in [1.807, 2.05) is 22.9 Å². The van der Waals surface area contributed by atoms with Crippen LogP contribution in [0.1, 0.15) is 64.3 Å². The van der Waals surface area contributed by atoms with Crippen LogP contribution in [0.15, 0.2) is 23.0 Å². The number of aromatic amines is 1. The summed E-state index contributed by atoms with van der Waals surface area (Å²) < 4.78 is 12.9. The number of hydrogen-bond acceptors (Lipinski definition) is 6. The van der Waals surface area contributed by atoms with Crippen molar-refractivity contribution in [1.82, 2.24) is 25.2 Å². The molecule has 0 amide bonds. The van der Waals surface area contributed by atoms with Crippen LogP contribution in [0.3, 0.4) is 0 Å². The zero-order valence-corrected chi connectivity index (χ0v) is 19.0. The van der Waals surface area contributed by atoms with E-state index >= 15 is 0 Å². The molecule has 3 heterocycles. The Balaban J connectivity index is 1.48. The standard InChI is InChI=1S/C23H30N6O3/c1-23(2,3)29-21(25-26-27-29)13-28(17-7-5-4-6-8-17)12-16-9-15-10-19-20(32-14-31-19)11-18(15)24-22(16)30/h9-11,17H,4-8,12-14H2,1-3H3,(H,24,30)/p+1. The Morgan fingerprint density at radius 1 is 1.09 bits per heavy atom. The van der Waals surface area contributed by atoms with E-state index in [1.54, 1.807) is 0 Å². The molecule has 9 nitrogen and oxygen atoms in total. The Hall–Kier alpha value is -2.94. The number of ether oxygens (including phenoxy) is 2. The van der Waals surface area contributed by atoms with Crippen molar-refractivity contribution >= 4 is 10.9 Å². The zero-order chi connectivity index (χ0) is 22.3. The van der Waals surface area contributed by atoms with E-state index in [1.165, 1.54) is 24.2 Å². The zero-order valence-electron chi connectivity index (χ0n) is 19.0. The van der Waals surface area contributed by atoms with E-state index < -0.39 is 0 Å². The van der Waals surface area contributed by atoms with Crippen molar-refractivity contribution < 1.29 is 14.4 Å². The lowest BCUT2D eigenvalue weighted by Crippen LogP contribution is -3.13. The summed E-state index contributed by atoms with van der Waals surface area (Å²) >= 11 is 0. The van der Waals surface area contributed by atoms with E-state index in [9.17, 15) is 4.79 Å². The highest BCUT2D eigenvalue weighted by atomic mass is 16.7. The topological polar surface area (TPSA) is 99.4 Å². The average Bonchev–Trinajstić information content (AvgIpc) is 3.41. The van der Waals surface area contributed by atoms with Gasteiger partial charge in [0.15, 0.2) is 11.5 Å². The van der Waals surface area contributed by atoms with E-state index in [4.69, 9.17) is 9.47 Å². The number of aromatic nitrogens is 5. The second-order valence-electron chi connectivity index (χ2n) is 9.94. The van der Waals surface area contributed by atoms with Crippen molar-refractivity contribution in [3.05, 3.63) is 39.9 Å². The van der Waals surface area contributed by atoms with Gasteiger partial charge in [-0.15, -0.1) is 5.10 Å². The molecule has 1 atom stereocenters. The summed E-state index contributed by atoms with van der Waals surface area (Å²) in [6.45, 7) is 7.84. The molecule has 1 saturated carbocycles. The number of nitrogens with zero attached hydrogens (tertiary/aromatic N) is 4. The number of hydrogen-bond donors (Lipinski definition) is 2. The normalized spacial score (nSPS) is 17.7. The van der Waals surface area contributed by atoms with Gasteiger partial charge in [-0.05, 0) is 69.0 Å². The maximum absolute atomic E-state index is 13.0. The molecule has 9 heteroatoms. The molecule has 32 heavy (non-hydrogen) atoms. The molecular weight excluding hydrogens is 408 g/mol. The van der Waals surface area contributed by atoms with Crippen LogP contribution >= 0.6 is 0 Å². The van der Waals surface area contributed by atoms with Crippen LogP contribution in [0.5, 0.6) is 11.5 Å². The van der Waals surface area contributed by atoms with Crippen molar-refractivity contribution in [2.45, 2.75) is 77.5 Å². The summed E-state index contributed by atoms with van der Waals surface area (Å²) in [4.78, 5) is 17.4. The van der Waals surface area contributed by atoms with Gasteiger partial charge in [0.2, 0.25) is 12.6 Å². The minimum Gasteiger partial charge on any atom is -0.454 e. The van der Waals surface area contributed by atoms with Crippen molar-refractivity contribution in [1.29, 1.82) is 0 Å². The number of tetrazole rings is 1. The lowest BCUT2D eigenvalue weighted by atomic mass is 9.93. The van der Waals surface area contributed by atoms with Crippen LogP contribution in [0.4, 0.5) is 0 Å². The van der Waals surface area contributed by atoms with Gasteiger partial charge < -0.3 is 19.4 Å². The molecule has 2 N–H and O–H groups in total. The second-order valence-corrected chi connectivity index (χ2v) is 9.94. The smallest absolute Gasteiger partial charge is 0.257 e. The van der Waals surface area contributed by atoms with Gasteiger partial charge in [0, 0.05) is 11.5 Å². The molecule has 5 rings (SSSR count). The van der Waals surface area contributed by atoms with Gasteiger partial charge in [-0.25, -0.2) is 4.68 Å². The van der Waals surface area contributed by atoms with Crippen molar-refractivity contribution in [2.75, 3.05) is 6.79 Å². The van der Waals surface area contributed by atoms with Crippen molar-refractivity contribution in [3.8, 4) is 11.5 Å². The van der Waals surface area contributed by atoms with Crippen LogP contribution in [-0.2, 0) is 18.6 Å². The molecule has 1 aliphatic heterocycles. The maximum Gasteiger partial charge on any atom is 0.257 e. The molecule has 0 bridgehead atoms. The molecule has 2 aliphatic rings. The van der Waals surface area contributed by atoms with Crippen LogP contribution in [0.2, 0.25) is 0 Å². The van der Waals surface area contributed by atoms with Crippen molar-refractivity contribution in [3.63, 3.8) is 0 Å². The van der Waals surface area contributed by atoms with Gasteiger partial charge in [0.25, 0.3) is 5.56 Å². The number of pyridine rings is 1. The van der Waals surface area contributed by atoms with E-state index in [0.29, 0.717) is 24.9 Å². The Bertz CT molecular complexity index is 1170. The minimum atomic E-state index is -0.195. The van der Waals surface area contributed by atoms with Gasteiger partial charge in [0.05, 0.1) is 22.7 Å². The van der Waals surface area contributed by atoms with Gasteiger partial charge in [0.1, 0.15) is 13.1 Å². The summed E-state index contributed by atoms with van der Waals surface area (Å²) in [5, 5.41) is 13.5. The minimum absolute atomic E-state index is 0.0555. The highest BCUT2D eigenvalue weighted by Gasteiger charge is 2.30. The average molecular weight is 440 g/mol. The first-order chi connectivity index (χ1) is 15.4. The molecule has 2 aromatic heterocycles. The van der Waals surface area contributed by atoms with E-state index in [-0.39, 0.29) is 17.9 Å². The van der Waals surface area contributed by atoms with Crippen LogP contribution in [0.25, 0.3) is 10.9 Å². The number of H-pyrrole nitrogens is 1. The van der Waals surface area contributed by atoms with Crippen molar-refractivity contribution in [2.24, 2.45) is 0 Å². The third kappa shape index (κ3) is 4.09. The monoisotopic (exact) mass is 439 g/mol. The molecule has 1 fully saturated rings. The molecular formula is C23H31N6O3+. The fourth-order valence-electron chi connectivity index (χ4n) is 4.92. The summed E-state index contributed by atoms with van der Waals surface area (Å²) in [6.07, 6.45) is 6.08. The lowest BCUT2D eigenvalue weighted by molar-refractivity contribution is -0.954. The summed E-state index contributed by atoms with van der Waals surface area (Å²) in [5.41, 5.74) is 1.28. The largest absolute Gasteiger partial charge is 0.454 e. The number of quaternary nitrogens is 1. The Morgan fingerprint density at radius 3 is 2.59 bits per heavy atom. The number of nitrogens with one attached hydrogen (secondary N) is 2. The van der Waals surface area contributed by atoms with E-state index in [0.717, 1.165) is 40.9 Å². The van der Waals surface area contributed by atoms with Crippen LogP contribution in [-0.4, -0.2) is 38.0 Å². The molecule has 0 radical (unpaired) electrons. The molecule has 1 aromatic carbocycles. The van der Waals surface area contributed by atoms with E-state index in [2.05, 4.69) is 41.3 Å². The van der Waals surface area contributed by atoms with Crippen LogP contribution < -0.4 is 19.9 Å². The molecule has 1 aliphatic carbocycles. The third-order valence-electron chi connectivity index (χ3n) is 6.57. The Labute approximate surface area is 186 Å². The Kier molecular flexibility index (Phi) is 5.36. The molecule has 0 spiro atoms. The number of fused-ring (bicyclic) bond motifs is 2. The quantitative estimate of drug-likeness (QED) is 0.630. The fourth-order valence-corrected chi connectivity index (χ4v) is 4.92. The number of rotatable bonds is 5. The first kappa shape index (κ1) is 20.9. The van der Waals surface area contributed by atoms with Crippen LogP contribution in [0, 0.1) is 0 Å². The van der Waals surface area contributed by atoms with Gasteiger partial charge in [-0.2, -0.15) is 0 Å². The molecule has 3 aromatic rings. The first-order valence-corrected chi connectivity index (χ1v) is 11.5. The molecule has 1 unspecified atom stereocenters. The van der Waals surface area contributed by atoms with Gasteiger partial charge in [-0.3, -0.25) is 4.79 Å². The van der Waals surface area contributed by atoms with Gasteiger partial charge >= 0.3 is 0 Å². The molecule has 0 saturated heterocycles. The van der Waals surface area contributed by atoms with Gasteiger partial charge in [-0.1, -0.05) is 6.42 Å². The SMILES string of the molecule is CC(C)(C)n1nnnc1C[NH+](Cc1cc2cc3c(cc2[nH]c1=O)OCO3)C1CCCCC1. The lowest BCUT2D eigenvalue weighted by Gasteiger charge is -2.31. The predicted octanol–water partition coefficient (Wildman–Crippen LogP) is 1.92. The Morgan fingerprint density at radius 2 is 1.84 bits per heavy atom. The summed E-state index contributed by atoms with van der Waals surface area (Å²) in [7, 11) is 0. The maximum atomic E-state index is 13.0. The molecule has 170 valence electrons. The predicted molar refractivity (Wildman–Crippen MR) is 119 cm³/mol. The summed E-state index contributed by atoms with van der Waals surface area (Å²) in [5.74, 6) is 2.25. The number of benzene rings is 1. The fraction of sp³-hybridized carbons (Fsp3) is 0.565. The summed E-state index contributed by atoms with van der Waals surface area (Å²) in [6, 6.07) is 6.26. The first-order valence-electron chi connectivity index (χ1n) is 11.5. The second kappa shape index (κ2) is 8.20. The highest BCUT2D eigenvalue weighted by Crippen LogP contribution is 2.35. The highest BCUT2D eigenvalue weighted by molar-refractivity contribution is 5.83.